The van der Waals surface area contributed by atoms with Gasteiger partial charge in [-0.15, -0.1) is 0 Å². The molecule has 1 aliphatic heterocycles. The summed E-state index contributed by atoms with van der Waals surface area (Å²) in [7, 11) is 0.463. The van der Waals surface area contributed by atoms with Crippen LogP contribution in [0.25, 0.3) is 0 Å². The Morgan fingerprint density at radius 1 is 1.19 bits per heavy atom. The summed E-state index contributed by atoms with van der Waals surface area (Å²) in [5, 5.41) is 3.19. The zero-order valence-corrected chi connectivity index (χ0v) is 18.1. The number of nitrogens with one attached hydrogen (secondary N) is 2. The number of guanidine groups is 1. The molecular weight excluding hydrogens is 364 g/mol. The van der Waals surface area contributed by atoms with E-state index in [-0.39, 0.29) is 11.9 Å². The fraction of sp³-hybridized carbons (Fsp3) is 0.947. The SMILES string of the molecule is CN=C(NCCS(=O)(=O)NCC1CCCCO1)N(C)CC1CCC(C)CC1. The van der Waals surface area contributed by atoms with E-state index < -0.39 is 10.0 Å². The molecule has 1 saturated carbocycles. The van der Waals surface area contributed by atoms with Gasteiger partial charge in [-0.05, 0) is 43.9 Å². The molecule has 1 atom stereocenters. The predicted molar refractivity (Wildman–Crippen MR) is 110 cm³/mol. The molecule has 0 aromatic rings. The summed E-state index contributed by atoms with van der Waals surface area (Å²) < 4.78 is 32.6. The topological polar surface area (TPSA) is 83.0 Å². The first-order valence-electron chi connectivity index (χ1n) is 10.4. The standard InChI is InChI=1S/C19H38N4O3S/c1-16-7-9-17(10-8-16)15-23(3)19(20-2)21-11-13-27(24,25)22-14-18-6-4-5-12-26-18/h16-18,22H,4-15H2,1-3H3,(H,20,21). The summed E-state index contributed by atoms with van der Waals surface area (Å²) in [6.07, 6.45) is 8.26. The van der Waals surface area contributed by atoms with Gasteiger partial charge in [-0.3, -0.25) is 4.99 Å². The molecule has 0 radical (unpaired) electrons. The molecule has 0 aromatic carbocycles. The van der Waals surface area contributed by atoms with Crippen LogP contribution in [-0.4, -0.2) is 71.5 Å². The third-order valence-electron chi connectivity index (χ3n) is 5.70. The van der Waals surface area contributed by atoms with Crippen LogP contribution in [0.3, 0.4) is 0 Å². The molecule has 27 heavy (non-hydrogen) atoms. The zero-order chi connectivity index (χ0) is 19.7. The second-order valence-corrected chi connectivity index (χ2v) is 10.1. The van der Waals surface area contributed by atoms with Crippen molar-refractivity contribution < 1.29 is 13.2 Å². The minimum absolute atomic E-state index is 0.0126. The molecule has 1 saturated heterocycles. The van der Waals surface area contributed by atoms with Crippen LogP contribution in [0.5, 0.6) is 0 Å². The number of sulfonamides is 1. The van der Waals surface area contributed by atoms with Crippen LogP contribution < -0.4 is 10.0 Å². The lowest BCUT2D eigenvalue weighted by Gasteiger charge is -2.31. The Hall–Kier alpha value is -0.860. The highest BCUT2D eigenvalue weighted by atomic mass is 32.2. The number of ether oxygens (including phenoxy) is 1. The quantitative estimate of drug-likeness (QED) is 0.478. The molecule has 2 rings (SSSR count). The smallest absolute Gasteiger partial charge is 0.213 e. The van der Waals surface area contributed by atoms with Crippen molar-refractivity contribution in [3.05, 3.63) is 0 Å². The molecular formula is C19H38N4O3S. The predicted octanol–water partition coefficient (Wildman–Crippen LogP) is 1.81. The Labute approximate surface area is 165 Å². The molecule has 7 nitrogen and oxygen atoms in total. The summed E-state index contributed by atoms with van der Waals surface area (Å²) >= 11 is 0. The molecule has 0 spiro atoms. The number of nitrogens with zero attached hydrogens (tertiary/aromatic N) is 2. The molecule has 1 heterocycles. The summed E-state index contributed by atoms with van der Waals surface area (Å²) in [6, 6.07) is 0. The maximum atomic E-state index is 12.2. The molecule has 0 amide bonds. The van der Waals surface area contributed by atoms with Crippen LogP contribution >= 0.6 is 0 Å². The van der Waals surface area contributed by atoms with Crippen molar-refractivity contribution in [2.24, 2.45) is 16.8 Å². The normalized spacial score (nSPS) is 27.4. The lowest BCUT2D eigenvalue weighted by atomic mass is 9.83. The fourth-order valence-corrected chi connectivity index (χ4v) is 4.88. The second kappa shape index (κ2) is 11.2. The van der Waals surface area contributed by atoms with Crippen molar-refractivity contribution in [1.29, 1.82) is 0 Å². The van der Waals surface area contributed by atoms with Crippen molar-refractivity contribution in [3.8, 4) is 0 Å². The van der Waals surface area contributed by atoms with Crippen molar-refractivity contribution in [2.45, 2.75) is 58.0 Å². The van der Waals surface area contributed by atoms with Gasteiger partial charge in [-0.2, -0.15) is 0 Å². The van der Waals surface area contributed by atoms with Crippen molar-refractivity contribution >= 4 is 16.0 Å². The first-order chi connectivity index (χ1) is 12.9. The summed E-state index contributed by atoms with van der Waals surface area (Å²) in [4.78, 5) is 6.43. The van der Waals surface area contributed by atoms with Crippen molar-refractivity contribution in [2.75, 3.05) is 46.1 Å². The monoisotopic (exact) mass is 402 g/mol. The van der Waals surface area contributed by atoms with Crippen LogP contribution in [0.4, 0.5) is 0 Å². The van der Waals surface area contributed by atoms with Crippen LogP contribution in [0, 0.1) is 11.8 Å². The fourth-order valence-electron chi connectivity index (χ4n) is 3.93. The van der Waals surface area contributed by atoms with Gasteiger partial charge in [-0.1, -0.05) is 19.8 Å². The average Bonchev–Trinajstić information content (AvgIpc) is 2.66. The van der Waals surface area contributed by atoms with E-state index in [1.165, 1.54) is 25.7 Å². The first-order valence-corrected chi connectivity index (χ1v) is 12.1. The van der Waals surface area contributed by atoms with E-state index >= 15 is 0 Å². The minimum Gasteiger partial charge on any atom is -0.377 e. The maximum absolute atomic E-state index is 12.2. The van der Waals surface area contributed by atoms with E-state index in [9.17, 15) is 8.42 Å². The summed E-state index contributed by atoms with van der Waals surface area (Å²) in [6.45, 7) is 4.75. The van der Waals surface area contributed by atoms with Crippen molar-refractivity contribution in [1.82, 2.24) is 14.9 Å². The van der Waals surface area contributed by atoms with E-state index in [0.29, 0.717) is 19.0 Å². The first kappa shape index (κ1) is 22.4. The van der Waals surface area contributed by atoms with Crippen LogP contribution in [-0.2, 0) is 14.8 Å². The molecule has 1 aliphatic carbocycles. The van der Waals surface area contributed by atoms with Gasteiger partial charge in [0.1, 0.15) is 0 Å². The highest BCUT2D eigenvalue weighted by Gasteiger charge is 2.21. The van der Waals surface area contributed by atoms with E-state index in [2.05, 4.69) is 26.9 Å². The Morgan fingerprint density at radius 3 is 2.56 bits per heavy atom. The largest absolute Gasteiger partial charge is 0.377 e. The van der Waals surface area contributed by atoms with E-state index in [1.54, 1.807) is 7.05 Å². The van der Waals surface area contributed by atoms with Gasteiger partial charge < -0.3 is 15.0 Å². The number of rotatable bonds is 8. The lowest BCUT2D eigenvalue weighted by molar-refractivity contribution is 0.0200. The number of aliphatic imine (C=N–C) groups is 1. The summed E-state index contributed by atoms with van der Waals surface area (Å²) in [5.74, 6) is 2.35. The van der Waals surface area contributed by atoms with Gasteiger partial charge in [0.25, 0.3) is 0 Å². The number of hydrogen-bond acceptors (Lipinski definition) is 4. The minimum atomic E-state index is -3.31. The van der Waals surface area contributed by atoms with Gasteiger partial charge in [0, 0.05) is 40.3 Å². The van der Waals surface area contributed by atoms with Gasteiger partial charge in [0.15, 0.2) is 5.96 Å². The van der Waals surface area contributed by atoms with Crippen LogP contribution in [0.15, 0.2) is 4.99 Å². The van der Waals surface area contributed by atoms with Crippen molar-refractivity contribution in [3.63, 3.8) is 0 Å². The average molecular weight is 403 g/mol. The molecule has 2 fully saturated rings. The van der Waals surface area contributed by atoms with E-state index in [0.717, 1.165) is 44.3 Å². The van der Waals surface area contributed by atoms with Gasteiger partial charge in [0.2, 0.25) is 10.0 Å². The molecule has 2 aliphatic rings. The highest BCUT2D eigenvalue weighted by Crippen LogP contribution is 2.28. The molecule has 158 valence electrons. The van der Waals surface area contributed by atoms with Gasteiger partial charge >= 0.3 is 0 Å². The Bertz CT molecular complexity index is 553. The highest BCUT2D eigenvalue weighted by molar-refractivity contribution is 7.89. The number of hydrogen-bond donors (Lipinski definition) is 2. The Morgan fingerprint density at radius 2 is 1.93 bits per heavy atom. The Kier molecular flexibility index (Phi) is 9.32. The molecule has 0 aromatic heterocycles. The second-order valence-electron chi connectivity index (χ2n) is 8.14. The van der Waals surface area contributed by atoms with Crippen LogP contribution in [0.2, 0.25) is 0 Å². The van der Waals surface area contributed by atoms with Crippen LogP contribution in [0.1, 0.15) is 51.9 Å². The molecule has 8 heteroatoms. The van der Waals surface area contributed by atoms with Gasteiger partial charge in [-0.25, -0.2) is 13.1 Å². The van der Waals surface area contributed by atoms with Gasteiger partial charge in [0.05, 0.1) is 11.9 Å². The Balaban J connectivity index is 1.68. The molecule has 2 N–H and O–H groups in total. The third-order valence-corrected chi connectivity index (χ3v) is 7.05. The molecule has 0 bridgehead atoms. The van der Waals surface area contributed by atoms with E-state index in [1.807, 2.05) is 7.05 Å². The third kappa shape index (κ3) is 8.35. The molecule has 1 unspecified atom stereocenters. The lowest BCUT2D eigenvalue weighted by Crippen LogP contribution is -2.44. The zero-order valence-electron chi connectivity index (χ0n) is 17.2. The summed E-state index contributed by atoms with van der Waals surface area (Å²) in [5.41, 5.74) is 0. The maximum Gasteiger partial charge on any atom is 0.213 e. The van der Waals surface area contributed by atoms with E-state index in [4.69, 9.17) is 4.74 Å².